The van der Waals surface area contributed by atoms with E-state index in [2.05, 4.69) is 26.1 Å². The van der Waals surface area contributed by atoms with Crippen LogP contribution in [0.3, 0.4) is 0 Å². The molecular weight excluding hydrogens is 269 g/mol. The van der Waals surface area contributed by atoms with E-state index in [0.29, 0.717) is 13.2 Å². The molecule has 5 heteroatoms. The fourth-order valence-electron chi connectivity index (χ4n) is 1.50. The third-order valence-electron chi connectivity index (χ3n) is 2.42. The number of ether oxygens (including phenoxy) is 2. The second-order valence-corrected chi connectivity index (χ2v) is 5.79. The zero-order valence-corrected chi connectivity index (χ0v) is 12.6. The van der Waals surface area contributed by atoms with Crippen molar-refractivity contribution in [1.82, 2.24) is 5.32 Å². The van der Waals surface area contributed by atoms with Gasteiger partial charge < -0.3 is 14.8 Å². The van der Waals surface area contributed by atoms with Crippen molar-refractivity contribution in [3.05, 3.63) is 29.0 Å². The number of benzene rings is 1. The highest BCUT2D eigenvalue weighted by atomic mass is 35.5. The molecule has 0 saturated carbocycles. The maximum Gasteiger partial charge on any atom is 0.183 e. The summed E-state index contributed by atoms with van der Waals surface area (Å²) in [6.45, 7) is 7.09. The van der Waals surface area contributed by atoms with Gasteiger partial charge in [0.05, 0.1) is 11.6 Å². The van der Waals surface area contributed by atoms with Crippen LogP contribution in [0.4, 0.5) is 4.39 Å². The lowest BCUT2D eigenvalue weighted by Crippen LogP contribution is -2.44. The van der Waals surface area contributed by atoms with Crippen LogP contribution in [0.2, 0.25) is 5.02 Å². The molecule has 0 aliphatic rings. The van der Waals surface area contributed by atoms with Crippen LogP contribution in [0.15, 0.2) is 18.2 Å². The van der Waals surface area contributed by atoms with Crippen LogP contribution in [0.25, 0.3) is 0 Å². The third-order valence-corrected chi connectivity index (χ3v) is 2.71. The Bertz CT molecular complexity index is 407. The smallest absolute Gasteiger partial charge is 0.183 e. The summed E-state index contributed by atoms with van der Waals surface area (Å²) in [6, 6.07) is 4.70. The van der Waals surface area contributed by atoms with Gasteiger partial charge in [0.25, 0.3) is 0 Å². The van der Waals surface area contributed by atoms with Crippen molar-refractivity contribution in [1.29, 1.82) is 0 Å². The molecule has 108 valence electrons. The summed E-state index contributed by atoms with van der Waals surface area (Å²) in [5.41, 5.74) is -0.0395. The molecule has 0 saturated heterocycles. The summed E-state index contributed by atoms with van der Waals surface area (Å²) >= 11 is 5.72. The van der Waals surface area contributed by atoms with Crippen LogP contribution in [-0.2, 0) is 4.74 Å². The lowest BCUT2D eigenvalue weighted by Gasteiger charge is -2.25. The number of hydrogen-bond acceptors (Lipinski definition) is 3. The Morgan fingerprint density at radius 1 is 1.37 bits per heavy atom. The summed E-state index contributed by atoms with van der Waals surface area (Å²) in [5.74, 6) is -0.397. The van der Waals surface area contributed by atoms with Crippen molar-refractivity contribution in [3.8, 4) is 5.75 Å². The highest BCUT2D eigenvalue weighted by Gasteiger charge is 2.17. The molecule has 19 heavy (non-hydrogen) atoms. The molecule has 0 fully saturated rings. The zero-order chi connectivity index (χ0) is 14.5. The van der Waals surface area contributed by atoms with Gasteiger partial charge in [-0.2, -0.15) is 0 Å². The van der Waals surface area contributed by atoms with Crippen LogP contribution in [0.1, 0.15) is 20.8 Å². The van der Waals surface area contributed by atoms with E-state index in [0.717, 1.165) is 0 Å². The summed E-state index contributed by atoms with van der Waals surface area (Å²) in [6.07, 6.45) is -0.280. The Balaban J connectivity index is 2.70. The number of nitrogens with one attached hydrogen (secondary N) is 1. The Kier molecular flexibility index (Phi) is 6.04. The lowest BCUT2D eigenvalue weighted by atomic mass is 10.1. The van der Waals surface area contributed by atoms with E-state index in [4.69, 9.17) is 21.1 Å². The first-order valence-electron chi connectivity index (χ1n) is 6.18. The summed E-state index contributed by atoms with van der Waals surface area (Å²) in [5, 5.41) is 3.35. The molecule has 1 unspecified atom stereocenters. The molecule has 0 bridgehead atoms. The van der Waals surface area contributed by atoms with Crippen LogP contribution < -0.4 is 10.1 Å². The maximum atomic E-state index is 13.8. The third kappa shape index (κ3) is 5.76. The molecule has 0 aromatic heterocycles. The van der Waals surface area contributed by atoms with Gasteiger partial charge in [0.1, 0.15) is 6.10 Å². The van der Waals surface area contributed by atoms with Crippen LogP contribution >= 0.6 is 11.6 Å². The topological polar surface area (TPSA) is 30.5 Å². The monoisotopic (exact) mass is 289 g/mol. The van der Waals surface area contributed by atoms with Crippen LogP contribution in [-0.4, -0.2) is 31.9 Å². The van der Waals surface area contributed by atoms with Gasteiger partial charge >= 0.3 is 0 Å². The molecule has 3 nitrogen and oxygen atoms in total. The van der Waals surface area contributed by atoms with E-state index in [1.54, 1.807) is 19.2 Å². The number of rotatable bonds is 6. The molecule has 1 aromatic rings. The standard InChI is InChI=1S/C14H21ClFNO2/c1-14(2,3)17-8-10(9-18-4)19-12-7-5-6-11(15)13(12)16/h5-7,10,17H,8-9H2,1-4H3. The number of halogens is 2. The second kappa shape index (κ2) is 7.08. The van der Waals surface area contributed by atoms with E-state index >= 15 is 0 Å². The van der Waals surface area contributed by atoms with E-state index in [9.17, 15) is 4.39 Å². The highest BCUT2D eigenvalue weighted by Crippen LogP contribution is 2.25. The summed E-state index contributed by atoms with van der Waals surface area (Å²) < 4.78 is 24.5. The Morgan fingerprint density at radius 3 is 2.63 bits per heavy atom. The van der Waals surface area contributed by atoms with Crippen LogP contribution in [0.5, 0.6) is 5.75 Å². The molecule has 0 heterocycles. The first kappa shape index (κ1) is 16.2. The van der Waals surface area contributed by atoms with E-state index < -0.39 is 5.82 Å². The van der Waals surface area contributed by atoms with Crippen molar-refractivity contribution in [2.45, 2.75) is 32.4 Å². The average Bonchev–Trinajstić information content (AvgIpc) is 2.31. The maximum absolute atomic E-state index is 13.8. The number of methoxy groups -OCH3 is 1. The van der Waals surface area contributed by atoms with Crippen molar-refractivity contribution in [3.63, 3.8) is 0 Å². The molecular formula is C14H21ClFNO2. The van der Waals surface area contributed by atoms with Crippen LogP contribution in [0, 0.1) is 5.82 Å². The fourth-order valence-corrected chi connectivity index (χ4v) is 1.66. The molecule has 0 aliphatic heterocycles. The van der Waals surface area contributed by atoms with Gasteiger partial charge in [0.15, 0.2) is 11.6 Å². The predicted molar refractivity (Wildman–Crippen MR) is 75.5 cm³/mol. The molecule has 0 radical (unpaired) electrons. The van der Waals surface area contributed by atoms with Gasteiger partial charge in [-0.25, -0.2) is 4.39 Å². The first-order chi connectivity index (χ1) is 8.83. The minimum atomic E-state index is -0.541. The summed E-state index contributed by atoms with van der Waals surface area (Å²) in [4.78, 5) is 0. The van der Waals surface area contributed by atoms with Crippen molar-refractivity contribution in [2.75, 3.05) is 20.3 Å². The molecule has 1 aromatic carbocycles. The minimum absolute atomic E-state index is 0.0395. The summed E-state index contributed by atoms with van der Waals surface area (Å²) in [7, 11) is 1.59. The Labute approximate surface area is 119 Å². The zero-order valence-electron chi connectivity index (χ0n) is 11.8. The average molecular weight is 290 g/mol. The molecule has 0 amide bonds. The second-order valence-electron chi connectivity index (χ2n) is 5.38. The van der Waals surface area contributed by atoms with Gasteiger partial charge in [-0.3, -0.25) is 0 Å². The quantitative estimate of drug-likeness (QED) is 0.872. The Hall–Kier alpha value is -0.840. The van der Waals surface area contributed by atoms with Gasteiger partial charge in [0, 0.05) is 19.2 Å². The van der Waals surface area contributed by atoms with Gasteiger partial charge in [-0.15, -0.1) is 0 Å². The van der Waals surface area contributed by atoms with Gasteiger partial charge in [0.2, 0.25) is 0 Å². The van der Waals surface area contributed by atoms with Crippen molar-refractivity contribution in [2.24, 2.45) is 0 Å². The molecule has 0 spiro atoms. The first-order valence-corrected chi connectivity index (χ1v) is 6.56. The molecule has 0 aliphatic carbocycles. The van der Waals surface area contributed by atoms with Gasteiger partial charge in [-0.1, -0.05) is 17.7 Å². The van der Waals surface area contributed by atoms with Crippen molar-refractivity contribution >= 4 is 11.6 Å². The molecule has 1 N–H and O–H groups in total. The predicted octanol–water partition coefficient (Wildman–Crippen LogP) is 3.26. The molecule has 1 rings (SSSR count). The fraction of sp³-hybridized carbons (Fsp3) is 0.571. The Morgan fingerprint density at radius 2 is 2.05 bits per heavy atom. The van der Waals surface area contributed by atoms with E-state index in [1.165, 1.54) is 6.07 Å². The number of hydrogen-bond donors (Lipinski definition) is 1. The highest BCUT2D eigenvalue weighted by molar-refractivity contribution is 6.30. The van der Waals surface area contributed by atoms with E-state index in [1.807, 2.05) is 0 Å². The SMILES string of the molecule is COCC(CNC(C)(C)C)Oc1cccc(Cl)c1F. The minimum Gasteiger partial charge on any atom is -0.484 e. The normalized spacial score (nSPS) is 13.4. The lowest BCUT2D eigenvalue weighted by molar-refractivity contribution is 0.0738. The van der Waals surface area contributed by atoms with Gasteiger partial charge in [-0.05, 0) is 32.9 Å². The van der Waals surface area contributed by atoms with E-state index in [-0.39, 0.29) is 22.4 Å². The largest absolute Gasteiger partial charge is 0.484 e. The molecule has 1 atom stereocenters. The van der Waals surface area contributed by atoms with Crippen molar-refractivity contribution < 1.29 is 13.9 Å².